The van der Waals surface area contributed by atoms with Crippen molar-refractivity contribution < 1.29 is 0 Å². The molecule has 0 saturated carbocycles. The Balaban J connectivity index is 1.73. The van der Waals surface area contributed by atoms with Gasteiger partial charge in [-0.15, -0.1) is 10.2 Å². The number of aryl methyl sites for hydroxylation is 1. The average molecular weight is 255 g/mol. The fraction of sp³-hybridized carbons (Fsp3) is 0.167. The zero-order valence-electron chi connectivity index (χ0n) is 10.4. The number of H-pyrrole nitrogens is 2. The number of anilines is 1. The highest BCUT2D eigenvalue weighted by Gasteiger charge is 2.03. The van der Waals surface area contributed by atoms with E-state index in [4.69, 9.17) is 0 Å². The van der Waals surface area contributed by atoms with Crippen LogP contribution in [0.3, 0.4) is 0 Å². The van der Waals surface area contributed by atoms with Crippen molar-refractivity contribution in [3.8, 4) is 11.4 Å². The second-order valence-corrected chi connectivity index (χ2v) is 4.16. The van der Waals surface area contributed by atoms with Gasteiger partial charge in [0.15, 0.2) is 0 Å². The van der Waals surface area contributed by atoms with Gasteiger partial charge < -0.3 is 10.3 Å². The number of hydrogen-bond acceptors (Lipinski definition) is 5. The maximum Gasteiger partial charge on any atom is 0.204 e. The molecule has 7 nitrogen and oxygen atoms in total. The SMILES string of the molecule is Cc1ncc(CNc2cccc(-c3nn[nH]n3)c2)[nH]1. The molecule has 0 saturated heterocycles. The van der Waals surface area contributed by atoms with Crippen molar-refractivity contribution >= 4 is 5.69 Å². The smallest absolute Gasteiger partial charge is 0.204 e. The van der Waals surface area contributed by atoms with Crippen molar-refractivity contribution in [2.75, 3.05) is 5.32 Å². The van der Waals surface area contributed by atoms with Gasteiger partial charge in [0, 0.05) is 11.3 Å². The molecule has 0 unspecified atom stereocenters. The minimum absolute atomic E-state index is 0.584. The maximum atomic E-state index is 4.16. The molecule has 3 N–H and O–H groups in total. The molecule has 1 aromatic carbocycles. The van der Waals surface area contributed by atoms with Crippen LogP contribution < -0.4 is 5.32 Å². The van der Waals surface area contributed by atoms with Gasteiger partial charge in [-0.1, -0.05) is 12.1 Å². The van der Waals surface area contributed by atoms with E-state index in [0.717, 1.165) is 22.8 Å². The van der Waals surface area contributed by atoms with Crippen molar-refractivity contribution in [2.24, 2.45) is 0 Å². The Morgan fingerprint density at radius 1 is 1.32 bits per heavy atom. The van der Waals surface area contributed by atoms with Gasteiger partial charge in [-0.05, 0) is 24.3 Å². The summed E-state index contributed by atoms with van der Waals surface area (Å²) in [4.78, 5) is 7.33. The monoisotopic (exact) mass is 255 g/mol. The molecular weight excluding hydrogens is 242 g/mol. The quantitative estimate of drug-likeness (QED) is 0.656. The van der Waals surface area contributed by atoms with Crippen LogP contribution >= 0.6 is 0 Å². The third-order valence-corrected chi connectivity index (χ3v) is 2.70. The van der Waals surface area contributed by atoms with Gasteiger partial charge in [0.25, 0.3) is 0 Å². The van der Waals surface area contributed by atoms with E-state index in [2.05, 4.69) is 35.9 Å². The van der Waals surface area contributed by atoms with Crippen molar-refractivity contribution in [3.05, 3.63) is 42.0 Å². The number of aromatic nitrogens is 6. The van der Waals surface area contributed by atoms with E-state index in [9.17, 15) is 0 Å². The molecule has 0 amide bonds. The first-order valence-corrected chi connectivity index (χ1v) is 5.89. The molecule has 0 fully saturated rings. The zero-order valence-corrected chi connectivity index (χ0v) is 10.4. The van der Waals surface area contributed by atoms with Crippen LogP contribution in [0.4, 0.5) is 5.69 Å². The lowest BCUT2D eigenvalue weighted by Gasteiger charge is -2.05. The van der Waals surface area contributed by atoms with Crippen LogP contribution in [0.15, 0.2) is 30.5 Å². The summed E-state index contributed by atoms with van der Waals surface area (Å²) >= 11 is 0. The Hall–Kier alpha value is -2.70. The molecule has 19 heavy (non-hydrogen) atoms. The molecule has 0 spiro atoms. The van der Waals surface area contributed by atoms with Gasteiger partial charge in [0.05, 0.1) is 18.4 Å². The third kappa shape index (κ3) is 2.59. The largest absolute Gasteiger partial charge is 0.379 e. The van der Waals surface area contributed by atoms with Gasteiger partial charge in [-0.25, -0.2) is 4.98 Å². The summed E-state index contributed by atoms with van der Waals surface area (Å²) in [7, 11) is 0. The van der Waals surface area contributed by atoms with Crippen molar-refractivity contribution in [3.63, 3.8) is 0 Å². The van der Waals surface area contributed by atoms with Crippen LogP contribution in [0, 0.1) is 6.92 Å². The average Bonchev–Trinajstić information content (AvgIpc) is 3.08. The van der Waals surface area contributed by atoms with Crippen LogP contribution in [0.2, 0.25) is 0 Å². The number of imidazole rings is 1. The fourth-order valence-corrected chi connectivity index (χ4v) is 1.81. The van der Waals surface area contributed by atoms with E-state index in [1.807, 2.05) is 37.4 Å². The van der Waals surface area contributed by atoms with Crippen molar-refractivity contribution in [2.45, 2.75) is 13.5 Å². The molecular formula is C12H13N7. The lowest BCUT2D eigenvalue weighted by Crippen LogP contribution is -1.99. The zero-order chi connectivity index (χ0) is 13.1. The standard InChI is InChI=1S/C12H13N7/c1-8-13-6-11(15-8)7-14-10-4-2-3-9(5-10)12-16-18-19-17-12/h2-6,14H,7H2,1H3,(H,13,15)(H,16,17,18,19). The van der Waals surface area contributed by atoms with Gasteiger partial charge >= 0.3 is 0 Å². The molecule has 0 radical (unpaired) electrons. The summed E-state index contributed by atoms with van der Waals surface area (Å²) in [6.07, 6.45) is 1.82. The van der Waals surface area contributed by atoms with Crippen LogP contribution in [0.25, 0.3) is 11.4 Å². The lowest BCUT2D eigenvalue weighted by molar-refractivity contribution is 0.881. The summed E-state index contributed by atoms with van der Waals surface area (Å²) < 4.78 is 0. The van der Waals surface area contributed by atoms with Crippen LogP contribution in [0.1, 0.15) is 11.5 Å². The molecule has 7 heteroatoms. The molecule has 3 aromatic rings. The first-order valence-electron chi connectivity index (χ1n) is 5.89. The first-order chi connectivity index (χ1) is 9.31. The first kappa shape index (κ1) is 11.4. The Kier molecular flexibility index (Phi) is 2.93. The van der Waals surface area contributed by atoms with Gasteiger partial charge in [0.1, 0.15) is 5.82 Å². The van der Waals surface area contributed by atoms with Crippen LogP contribution in [-0.4, -0.2) is 30.6 Å². The summed E-state index contributed by atoms with van der Waals surface area (Å²) in [5.74, 6) is 1.50. The molecule has 2 heterocycles. The van der Waals surface area contributed by atoms with Gasteiger partial charge in [0.2, 0.25) is 5.82 Å². The molecule has 0 aliphatic heterocycles. The minimum Gasteiger partial charge on any atom is -0.379 e. The number of nitrogens with zero attached hydrogens (tertiary/aromatic N) is 4. The molecule has 0 atom stereocenters. The van der Waals surface area contributed by atoms with Gasteiger partial charge in [-0.3, -0.25) is 0 Å². The normalized spacial score (nSPS) is 10.6. The predicted octanol–water partition coefficient (Wildman–Crippen LogP) is 1.51. The van der Waals surface area contributed by atoms with Crippen molar-refractivity contribution in [1.29, 1.82) is 0 Å². The highest BCUT2D eigenvalue weighted by Crippen LogP contribution is 2.18. The number of rotatable bonds is 4. The summed E-state index contributed by atoms with van der Waals surface area (Å²) in [6, 6.07) is 7.86. The molecule has 0 aliphatic rings. The van der Waals surface area contributed by atoms with E-state index >= 15 is 0 Å². The number of tetrazole rings is 1. The third-order valence-electron chi connectivity index (χ3n) is 2.70. The highest BCUT2D eigenvalue weighted by atomic mass is 15.5. The Morgan fingerprint density at radius 3 is 3.00 bits per heavy atom. The second kappa shape index (κ2) is 4.89. The summed E-state index contributed by atoms with van der Waals surface area (Å²) in [5.41, 5.74) is 2.96. The number of aromatic amines is 2. The van der Waals surface area contributed by atoms with Gasteiger partial charge in [-0.2, -0.15) is 5.21 Å². The lowest BCUT2D eigenvalue weighted by atomic mass is 10.2. The molecule has 0 bridgehead atoms. The predicted molar refractivity (Wildman–Crippen MR) is 70.3 cm³/mol. The second-order valence-electron chi connectivity index (χ2n) is 4.16. The van der Waals surface area contributed by atoms with Crippen LogP contribution in [-0.2, 0) is 6.54 Å². The summed E-state index contributed by atoms with van der Waals surface area (Å²) in [6.45, 7) is 2.62. The summed E-state index contributed by atoms with van der Waals surface area (Å²) in [5, 5.41) is 17.2. The molecule has 0 aliphatic carbocycles. The Morgan fingerprint density at radius 2 is 2.26 bits per heavy atom. The van der Waals surface area contributed by atoms with E-state index in [1.54, 1.807) is 0 Å². The van der Waals surface area contributed by atoms with E-state index in [1.165, 1.54) is 0 Å². The van der Waals surface area contributed by atoms with Crippen LogP contribution in [0.5, 0.6) is 0 Å². The maximum absolute atomic E-state index is 4.16. The molecule has 3 rings (SSSR count). The molecule has 96 valence electrons. The number of nitrogens with one attached hydrogen (secondary N) is 3. The number of benzene rings is 1. The van der Waals surface area contributed by atoms with E-state index in [-0.39, 0.29) is 0 Å². The van der Waals surface area contributed by atoms with E-state index in [0.29, 0.717) is 12.4 Å². The molecule has 2 aromatic heterocycles. The van der Waals surface area contributed by atoms with E-state index < -0.39 is 0 Å². The highest BCUT2D eigenvalue weighted by molar-refractivity contribution is 5.61. The Bertz CT molecular complexity index is 656. The minimum atomic E-state index is 0.584. The number of hydrogen-bond donors (Lipinski definition) is 3. The Labute approximate surface area is 109 Å². The topological polar surface area (TPSA) is 95.2 Å². The fourth-order valence-electron chi connectivity index (χ4n) is 1.81. The van der Waals surface area contributed by atoms with Crippen molar-refractivity contribution in [1.82, 2.24) is 30.6 Å².